The molecule has 114 valence electrons. The zero-order valence-electron chi connectivity index (χ0n) is 12.2. The first kappa shape index (κ1) is 14.4. The summed E-state index contributed by atoms with van der Waals surface area (Å²) >= 11 is 0. The van der Waals surface area contributed by atoms with Crippen molar-refractivity contribution in [2.75, 3.05) is 7.11 Å². The second-order valence-corrected chi connectivity index (χ2v) is 5.37. The van der Waals surface area contributed by atoms with Crippen LogP contribution >= 0.6 is 0 Å². The van der Waals surface area contributed by atoms with E-state index in [2.05, 4.69) is 10.1 Å². The first-order chi connectivity index (χ1) is 10.7. The summed E-state index contributed by atoms with van der Waals surface area (Å²) in [4.78, 5) is 23.6. The van der Waals surface area contributed by atoms with Crippen molar-refractivity contribution in [3.8, 4) is 0 Å². The molecule has 0 bridgehead atoms. The number of esters is 1. The highest BCUT2D eigenvalue weighted by molar-refractivity contribution is 5.89. The Bertz CT molecular complexity index is 678. The number of ether oxygens (including phenoxy) is 1. The summed E-state index contributed by atoms with van der Waals surface area (Å²) < 4.78 is 10.0. The van der Waals surface area contributed by atoms with Gasteiger partial charge >= 0.3 is 5.97 Å². The van der Waals surface area contributed by atoms with Crippen molar-refractivity contribution in [2.24, 2.45) is 5.92 Å². The van der Waals surface area contributed by atoms with Crippen LogP contribution in [-0.2, 0) is 16.1 Å². The summed E-state index contributed by atoms with van der Waals surface area (Å²) in [6.07, 6.45) is 2.45. The smallest absolute Gasteiger partial charge is 0.337 e. The minimum absolute atomic E-state index is 0.0184. The molecule has 1 aliphatic rings. The van der Waals surface area contributed by atoms with Crippen LogP contribution in [0.3, 0.4) is 0 Å². The number of nitrogens with one attached hydrogen (secondary N) is 1. The van der Waals surface area contributed by atoms with E-state index in [1.165, 1.54) is 7.11 Å². The van der Waals surface area contributed by atoms with E-state index in [1.54, 1.807) is 24.5 Å². The van der Waals surface area contributed by atoms with Gasteiger partial charge in [-0.1, -0.05) is 12.1 Å². The molecule has 1 N–H and O–H groups in total. The molecule has 1 aromatic heterocycles. The monoisotopic (exact) mass is 299 g/mol. The van der Waals surface area contributed by atoms with Gasteiger partial charge in [0, 0.05) is 18.4 Å². The number of carbonyl (C=O) groups is 2. The van der Waals surface area contributed by atoms with E-state index in [-0.39, 0.29) is 23.7 Å². The number of benzene rings is 1. The quantitative estimate of drug-likeness (QED) is 0.861. The van der Waals surface area contributed by atoms with Gasteiger partial charge < -0.3 is 14.5 Å². The van der Waals surface area contributed by atoms with Gasteiger partial charge in [-0.25, -0.2) is 4.79 Å². The third kappa shape index (κ3) is 3.03. The van der Waals surface area contributed by atoms with Crippen LogP contribution in [0.15, 0.2) is 47.1 Å². The topological polar surface area (TPSA) is 68.5 Å². The van der Waals surface area contributed by atoms with Crippen molar-refractivity contribution in [1.82, 2.24) is 5.32 Å². The molecule has 1 fully saturated rings. The highest BCUT2D eigenvalue weighted by atomic mass is 16.5. The molecule has 0 spiro atoms. The van der Waals surface area contributed by atoms with Gasteiger partial charge in [-0.15, -0.1) is 0 Å². The van der Waals surface area contributed by atoms with Gasteiger partial charge in [-0.05, 0) is 36.2 Å². The highest BCUT2D eigenvalue weighted by Crippen LogP contribution is 2.47. The van der Waals surface area contributed by atoms with Crippen molar-refractivity contribution >= 4 is 11.9 Å². The summed E-state index contributed by atoms with van der Waals surface area (Å²) in [7, 11) is 1.35. The molecule has 5 heteroatoms. The Kier molecular flexibility index (Phi) is 3.96. The Labute approximate surface area is 128 Å². The van der Waals surface area contributed by atoms with Crippen LogP contribution < -0.4 is 5.32 Å². The average Bonchev–Trinajstić information content (AvgIpc) is 3.17. The third-order valence-corrected chi connectivity index (χ3v) is 3.85. The number of amides is 1. The fourth-order valence-electron chi connectivity index (χ4n) is 2.55. The number of furan rings is 1. The Morgan fingerprint density at radius 1 is 1.32 bits per heavy atom. The predicted molar refractivity (Wildman–Crippen MR) is 79.2 cm³/mol. The normalized spacial score (nSPS) is 19.5. The third-order valence-electron chi connectivity index (χ3n) is 3.85. The van der Waals surface area contributed by atoms with Crippen LogP contribution in [0.1, 0.15) is 34.0 Å². The Balaban J connectivity index is 1.55. The van der Waals surface area contributed by atoms with Gasteiger partial charge in [0.1, 0.15) is 5.76 Å². The molecule has 3 rings (SSSR count). The lowest BCUT2D eigenvalue weighted by Gasteiger charge is -2.06. The van der Waals surface area contributed by atoms with E-state index in [9.17, 15) is 9.59 Å². The summed E-state index contributed by atoms with van der Waals surface area (Å²) in [5, 5.41) is 2.90. The molecular weight excluding hydrogens is 282 g/mol. The minimum Gasteiger partial charge on any atom is -0.469 e. The fraction of sp³-hybridized carbons (Fsp3) is 0.294. The molecule has 1 saturated carbocycles. The maximum atomic E-state index is 12.1. The van der Waals surface area contributed by atoms with Crippen molar-refractivity contribution in [3.05, 3.63) is 59.5 Å². The summed E-state index contributed by atoms with van der Waals surface area (Å²) in [5.41, 5.74) is 1.35. The van der Waals surface area contributed by atoms with Gasteiger partial charge in [0.2, 0.25) is 5.91 Å². The molecule has 2 atom stereocenters. The van der Waals surface area contributed by atoms with Gasteiger partial charge in [-0.3, -0.25) is 4.79 Å². The summed E-state index contributed by atoms with van der Waals surface area (Å²) in [6.45, 7) is 0.394. The van der Waals surface area contributed by atoms with Gasteiger partial charge in [0.15, 0.2) is 0 Å². The number of methoxy groups -OCH3 is 1. The number of carbonyl (C=O) groups excluding carboxylic acids is 2. The standard InChI is InChI=1S/C17H17NO4/c1-21-17(20)12-5-2-4-11(8-12)10-18-16(19)14-9-13(14)15-6-3-7-22-15/h2-8,13-14H,9-10H2,1H3,(H,18,19). The summed E-state index contributed by atoms with van der Waals surface area (Å²) in [5.74, 6) is 0.678. The van der Waals surface area contributed by atoms with Crippen molar-refractivity contribution in [3.63, 3.8) is 0 Å². The van der Waals surface area contributed by atoms with Crippen LogP contribution in [-0.4, -0.2) is 19.0 Å². The number of hydrogen-bond donors (Lipinski definition) is 1. The van der Waals surface area contributed by atoms with E-state index >= 15 is 0 Å². The molecule has 5 nitrogen and oxygen atoms in total. The second-order valence-electron chi connectivity index (χ2n) is 5.37. The minimum atomic E-state index is -0.381. The highest BCUT2D eigenvalue weighted by Gasteiger charge is 2.45. The van der Waals surface area contributed by atoms with Gasteiger partial charge in [0.25, 0.3) is 0 Å². The van der Waals surface area contributed by atoms with E-state index in [4.69, 9.17) is 4.42 Å². The van der Waals surface area contributed by atoms with E-state index in [1.807, 2.05) is 18.2 Å². The molecule has 0 saturated heterocycles. The lowest BCUT2D eigenvalue weighted by Crippen LogP contribution is -2.25. The van der Waals surface area contributed by atoms with E-state index < -0.39 is 0 Å². The lowest BCUT2D eigenvalue weighted by molar-refractivity contribution is -0.122. The second kappa shape index (κ2) is 6.05. The van der Waals surface area contributed by atoms with Crippen LogP contribution in [0.5, 0.6) is 0 Å². The van der Waals surface area contributed by atoms with E-state index in [0.29, 0.717) is 12.1 Å². The molecular formula is C17H17NO4. The molecule has 0 aliphatic heterocycles. The first-order valence-corrected chi connectivity index (χ1v) is 7.17. The average molecular weight is 299 g/mol. The SMILES string of the molecule is COC(=O)c1cccc(CNC(=O)C2CC2c2ccco2)c1. The largest absolute Gasteiger partial charge is 0.469 e. The van der Waals surface area contributed by atoms with Crippen LogP contribution in [0.4, 0.5) is 0 Å². The van der Waals surface area contributed by atoms with Crippen molar-refractivity contribution < 1.29 is 18.7 Å². The molecule has 1 aromatic carbocycles. The van der Waals surface area contributed by atoms with Crippen LogP contribution in [0.2, 0.25) is 0 Å². The molecule has 2 unspecified atom stereocenters. The zero-order chi connectivity index (χ0) is 15.5. The molecule has 22 heavy (non-hydrogen) atoms. The molecule has 1 heterocycles. The van der Waals surface area contributed by atoms with Crippen LogP contribution in [0, 0.1) is 5.92 Å². The Morgan fingerprint density at radius 2 is 2.18 bits per heavy atom. The molecule has 1 amide bonds. The number of rotatable bonds is 5. The first-order valence-electron chi connectivity index (χ1n) is 7.17. The Morgan fingerprint density at radius 3 is 2.91 bits per heavy atom. The van der Waals surface area contributed by atoms with Gasteiger partial charge in [0.05, 0.1) is 18.9 Å². The summed E-state index contributed by atoms with van der Waals surface area (Å²) in [6, 6.07) is 10.8. The maximum Gasteiger partial charge on any atom is 0.337 e. The van der Waals surface area contributed by atoms with Crippen molar-refractivity contribution in [2.45, 2.75) is 18.9 Å². The van der Waals surface area contributed by atoms with Gasteiger partial charge in [-0.2, -0.15) is 0 Å². The zero-order valence-corrected chi connectivity index (χ0v) is 12.2. The molecule has 2 aromatic rings. The molecule has 0 radical (unpaired) electrons. The molecule has 1 aliphatic carbocycles. The number of hydrogen-bond acceptors (Lipinski definition) is 4. The predicted octanol–water partition coefficient (Wildman–Crippen LogP) is 2.49. The van der Waals surface area contributed by atoms with Crippen molar-refractivity contribution in [1.29, 1.82) is 0 Å². The fourth-order valence-corrected chi connectivity index (χ4v) is 2.55. The Hall–Kier alpha value is -2.56. The van der Waals surface area contributed by atoms with E-state index in [0.717, 1.165) is 17.7 Å². The maximum absolute atomic E-state index is 12.1. The van der Waals surface area contributed by atoms with Crippen LogP contribution in [0.25, 0.3) is 0 Å². The lowest BCUT2D eigenvalue weighted by atomic mass is 10.1.